The van der Waals surface area contributed by atoms with E-state index in [1.165, 1.54) is 12.8 Å². The number of sulfonamides is 1. The molecule has 0 aliphatic heterocycles. The molecule has 2 aliphatic carbocycles. The smallest absolute Gasteiger partial charge is 0.240 e. The molecule has 2 aliphatic rings. The maximum absolute atomic E-state index is 12.7. The van der Waals surface area contributed by atoms with Crippen molar-refractivity contribution in [1.82, 2.24) is 10.0 Å². The zero-order valence-electron chi connectivity index (χ0n) is 17.1. The molecule has 2 saturated carbocycles. The Kier molecular flexibility index (Phi) is 7.15. The Balaban J connectivity index is 1.43. The lowest BCUT2D eigenvalue weighted by molar-refractivity contribution is -0.127. The summed E-state index contributed by atoms with van der Waals surface area (Å²) in [5.74, 6) is 1.80. The van der Waals surface area contributed by atoms with Crippen molar-refractivity contribution < 1.29 is 13.2 Å². The molecule has 1 amide bonds. The summed E-state index contributed by atoms with van der Waals surface area (Å²) in [6, 6.07) is 8.79. The number of carbonyl (C=O) groups is 1. The van der Waals surface area contributed by atoms with E-state index >= 15 is 0 Å². The molecule has 2 N–H and O–H groups in total. The molecule has 156 valence electrons. The first-order valence-corrected chi connectivity index (χ1v) is 12.2. The number of nitrogens with one attached hydrogen (secondary N) is 2. The number of benzene rings is 1. The summed E-state index contributed by atoms with van der Waals surface area (Å²) in [5, 5.41) is 3.31. The van der Waals surface area contributed by atoms with Crippen molar-refractivity contribution in [1.29, 1.82) is 0 Å². The van der Waals surface area contributed by atoms with Crippen LogP contribution in [0.2, 0.25) is 0 Å². The van der Waals surface area contributed by atoms with Gasteiger partial charge in [-0.15, -0.1) is 0 Å². The highest BCUT2D eigenvalue weighted by Gasteiger charge is 2.32. The van der Waals surface area contributed by atoms with E-state index < -0.39 is 10.0 Å². The molecule has 3 atom stereocenters. The van der Waals surface area contributed by atoms with Gasteiger partial charge in [-0.1, -0.05) is 44.9 Å². The highest BCUT2D eigenvalue weighted by Crippen LogP contribution is 2.32. The number of rotatable bonds is 6. The van der Waals surface area contributed by atoms with Gasteiger partial charge in [0.05, 0.1) is 4.90 Å². The van der Waals surface area contributed by atoms with Gasteiger partial charge in [0, 0.05) is 18.5 Å². The van der Waals surface area contributed by atoms with Crippen molar-refractivity contribution >= 4 is 15.9 Å². The maximum atomic E-state index is 12.7. The van der Waals surface area contributed by atoms with E-state index in [1.807, 2.05) is 0 Å². The highest BCUT2D eigenvalue weighted by molar-refractivity contribution is 7.89. The van der Waals surface area contributed by atoms with E-state index in [9.17, 15) is 13.2 Å². The van der Waals surface area contributed by atoms with E-state index in [-0.39, 0.29) is 11.8 Å². The first-order chi connectivity index (χ1) is 13.4. The van der Waals surface area contributed by atoms with Gasteiger partial charge < -0.3 is 5.32 Å². The lowest BCUT2D eigenvalue weighted by atomic mass is 9.77. The van der Waals surface area contributed by atoms with E-state index in [4.69, 9.17) is 0 Å². The first kappa shape index (κ1) is 21.3. The quantitative estimate of drug-likeness (QED) is 0.756. The van der Waals surface area contributed by atoms with Crippen LogP contribution >= 0.6 is 0 Å². The molecule has 3 unspecified atom stereocenters. The predicted octanol–water partition coefficient (Wildman–Crippen LogP) is 3.71. The van der Waals surface area contributed by atoms with Gasteiger partial charge in [0.1, 0.15) is 0 Å². The SMILES string of the molecule is CC1CCCC(NC(=O)C2CCC(CNS(=O)(=O)c3ccccc3)CC2)C1C. The maximum Gasteiger partial charge on any atom is 0.240 e. The molecule has 0 saturated heterocycles. The second kappa shape index (κ2) is 9.40. The van der Waals surface area contributed by atoms with Crippen LogP contribution < -0.4 is 10.0 Å². The van der Waals surface area contributed by atoms with Gasteiger partial charge in [-0.2, -0.15) is 0 Å². The highest BCUT2D eigenvalue weighted by atomic mass is 32.2. The molecule has 0 spiro atoms. The van der Waals surface area contributed by atoms with Crippen LogP contribution in [0, 0.1) is 23.7 Å². The van der Waals surface area contributed by atoms with Crippen molar-refractivity contribution in [2.24, 2.45) is 23.7 Å². The second-order valence-corrected chi connectivity index (χ2v) is 10.5. The summed E-state index contributed by atoms with van der Waals surface area (Å²) in [5.41, 5.74) is 0. The normalized spacial score (nSPS) is 31.3. The van der Waals surface area contributed by atoms with Crippen molar-refractivity contribution in [2.45, 2.75) is 69.7 Å². The summed E-state index contributed by atoms with van der Waals surface area (Å²) in [7, 11) is -3.45. The van der Waals surface area contributed by atoms with Crippen LogP contribution in [0.5, 0.6) is 0 Å². The lowest BCUT2D eigenvalue weighted by Gasteiger charge is -2.36. The number of hydrogen-bond acceptors (Lipinski definition) is 3. The summed E-state index contributed by atoms with van der Waals surface area (Å²) in [6.45, 7) is 4.98. The van der Waals surface area contributed by atoms with Gasteiger partial charge in [0.25, 0.3) is 0 Å². The van der Waals surface area contributed by atoms with Crippen molar-refractivity contribution in [3.63, 3.8) is 0 Å². The molecule has 28 heavy (non-hydrogen) atoms. The monoisotopic (exact) mass is 406 g/mol. The minimum atomic E-state index is -3.45. The van der Waals surface area contributed by atoms with Crippen LogP contribution in [-0.2, 0) is 14.8 Å². The van der Waals surface area contributed by atoms with Crippen LogP contribution in [0.1, 0.15) is 58.8 Å². The zero-order chi connectivity index (χ0) is 20.1. The number of amides is 1. The molecule has 0 heterocycles. The van der Waals surface area contributed by atoms with E-state index in [1.54, 1.807) is 30.3 Å². The lowest BCUT2D eigenvalue weighted by Crippen LogP contribution is -2.46. The molecule has 6 heteroatoms. The molecule has 2 fully saturated rings. The van der Waals surface area contributed by atoms with Gasteiger partial charge in [-0.3, -0.25) is 4.79 Å². The average molecular weight is 407 g/mol. The predicted molar refractivity (Wildman–Crippen MR) is 111 cm³/mol. The summed E-state index contributed by atoms with van der Waals surface area (Å²) in [4.78, 5) is 13.0. The fourth-order valence-electron chi connectivity index (χ4n) is 4.63. The summed E-state index contributed by atoms with van der Waals surface area (Å²) >= 11 is 0. The zero-order valence-corrected chi connectivity index (χ0v) is 17.9. The Labute approximate surface area is 169 Å². The average Bonchev–Trinajstić information content (AvgIpc) is 2.71. The van der Waals surface area contributed by atoms with Gasteiger partial charge in [0.15, 0.2) is 0 Å². The Bertz CT molecular complexity index is 742. The van der Waals surface area contributed by atoms with Crippen LogP contribution in [0.25, 0.3) is 0 Å². The van der Waals surface area contributed by atoms with E-state index in [0.29, 0.717) is 35.2 Å². The molecule has 0 aromatic heterocycles. The van der Waals surface area contributed by atoms with Crippen LogP contribution in [0.3, 0.4) is 0 Å². The fraction of sp³-hybridized carbons (Fsp3) is 0.682. The van der Waals surface area contributed by atoms with Crippen molar-refractivity contribution in [2.75, 3.05) is 6.54 Å². The van der Waals surface area contributed by atoms with Gasteiger partial charge >= 0.3 is 0 Å². The first-order valence-electron chi connectivity index (χ1n) is 10.7. The molecule has 0 radical (unpaired) electrons. The summed E-state index contributed by atoms with van der Waals surface area (Å²) < 4.78 is 27.4. The third-order valence-electron chi connectivity index (χ3n) is 6.87. The minimum Gasteiger partial charge on any atom is -0.353 e. The molecule has 0 bridgehead atoms. The van der Waals surface area contributed by atoms with Gasteiger partial charge in [-0.05, 0) is 62.0 Å². The second-order valence-electron chi connectivity index (χ2n) is 8.76. The Morgan fingerprint density at radius 3 is 2.36 bits per heavy atom. The number of hydrogen-bond donors (Lipinski definition) is 2. The van der Waals surface area contributed by atoms with Crippen LogP contribution in [0.4, 0.5) is 0 Å². The van der Waals surface area contributed by atoms with Crippen molar-refractivity contribution in [3.8, 4) is 0 Å². The Morgan fingerprint density at radius 1 is 1.00 bits per heavy atom. The Morgan fingerprint density at radius 2 is 1.68 bits per heavy atom. The molecular weight excluding hydrogens is 372 g/mol. The fourth-order valence-corrected chi connectivity index (χ4v) is 5.76. The van der Waals surface area contributed by atoms with Crippen LogP contribution in [0.15, 0.2) is 35.2 Å². The molecule has 1 aromatic carbocycles. The van der Waals surface area contributed by atoms with Gasteiger partial charge in [-0.25, -0.2) is 13.1 Å². The van der Waals surface area contributed by atoms with E-state index in [2.05, 4.69) is 23.9 Å². The van der Waals surface area contributed by atoms with Crippen molar-refractivity contribution in [3.05, 3.63) is 30.3 Å². The minimum absolute atomic E-state index is 0.0754. The standard InChI is InChI=1S/C22H34N2O3S/c1-16-7-6-10-21(17(16)2)24-22(25)19-13-11-18(12-14-19)15-23-28(26,27)20-8-4-3-5-9-20/h3-5,8-9,16-19,21,23H,6-7,10-15H2,1-2H3,(H,24,25). The van der Waals surface area contributed by atoms with Crippen LogP contribution in [-0.4, -0.2) is 26.9 Å². The summed E-state index contributed by atoms with van der Waals surface area (Å²) in [6.07, 6.45) is 7.04. The largest absolute Gasteiger partial charge is 0.353 e. The number of carbonyl (C=O) groups excluding carboxylic acids is 1. The molecule has 5 nitrogen and oxygen atoms in total. The van der Waals surface area contributed by atoms with E-state index in [0.717, 1.165) is 32.1 Å². The molecule has 1 aromatic rings. The molecule has 3 rings (SSSR count). The third-order valence-corrected chi connectivity index (χ3v) is 8.31. The third kappa shape index (κ3) is 5.35. The molecular formula is C22H34N2O3S. The van der Waals surface area contributed by atoms with Gasteiger partial charge in [0.2, 0.25) is 15.9 Å². The topological polar surface area (TPSA) is 75.3 Å². The Hall–Kier alpha value is -1.40.